The Hall–Kier alpha value is -1.84. The van der Waals surface area contributed by atoms with Gasteiger partial charge in [0.15, 0.2) is 0 Å². The number of pyridine rings is 1. The van der Waals surface area contributed by atoms with Crippen LogP contribution >= 0.6 is 0 Å². The van der Waals surface area contributed by atoms with Crippen molar-refractivity contribution in [2.45, 2.75) is 13.8 Å². The topological polar surface area (TPSA) is 62.2 Å². The second-order valence-corrected chi connectivity index (χ2v) is 2.99. The van der Waals surface area contributed by atoms with Gasteiger partial charge in [-0.1, -0.05) is 0 Å². The van der Waals surface area contributed by atoms with Crippen LogP contribution in [0.25, 0.3) is 0 Å². The zero-order chi connectivity index (χ0) is 10.6. The Morgan fingerprint density at radius 2 is 2.21 bits per heavy atom. The van der Waals surface area contributed by atoms with Crippen LogP contribution in [0.4, 0.5) is 5.82 Å². The Morgan fingerprint density at radius 3 is 2.79 bits per heavy atom. The SMILES string of the molecule is Cc1cc(C)nc(N/C=C/C(=O)O)c1. The van der Waals surface area contributed by atoms with Crippen LogP contribution in [0, 0.1) is 13.8 Å². The van der Waals surface area contributed by atoms with E-state index in [1.54, 1.807) is 0 Å². The van der Waals surface area contributed by atoms with Gasteiger partial charge in [-0.15, -0.1) is 0 Å². The molecule has 74 valence electrons. The second kappa shape index (κ2) is 4.41. The summed E-state index contributed by atoms with van der Waals surface area (Å²) < 4.78 is 0. The molecule has 0 aliphatic carbocycles. The van der Waals surface area contributed by atoms with E-state index in [-0.39, 0.29) is 0 Å². The highest BCUT2D eigenvalue weighted by Crippen LogP contribution is 2.08. The lowest BCUT2D eigenvalue weighted by Crippen LogP contribution is -1.96. The third kappa shape index (κ3) is 3.26. The molecule has 1 rings (SSSR count). The average molecular weight is 192 g/mol. The Kier molecular flexibility index (Phi) is 3.23. The number of carbonyl (C=O) groups is 1. The van der Waals surface area contributed by atoms with E-state index in [1.165, 1.54) is 6.20 Å². The van der Waals surface area contributed by atoms with Gasteiger partial charge in [0.05, 0.1) is 0 Å². The van der Waals surface area contributed by atoms with Gasteiger partial charge < -0.3 is 10.4 Å². The highest BCUT2D eigenvalue weighted by Gasteiger charge is 1.94. The number of nitrogens with zero attached hydrogens (tertiary/aromatic N) is 1. The molecule has 0 amide bonds. The molecule has 4 heteroatoms. The van der Waals surface area contributed by atoms with Crippen molar-refractivity contribution in [3.8, 4) is 0 Å². The summed E-state index contributed by atoms with van der Waals surface area (Å²) in [5.41, 5.74) is 1.99. The summed E-state index contributed by atoms with van der Waals surface area (Å²) in [5.74, 6) is -0.332. The van der Waals surface area contributed by atoms with Crippen molar-refractivity contribution in [2.24, 2.45) is 0 Å². The molecule has 1 aromatic heterocycles. The molecule has 14 heavy (non-hydrogen) atoms. The number of carboxylic acid groups (broad SMARTS) is 1. The van der Waals surface area contributed by atoms with Crippen molar-refractivity contribution in [2.75, 3.05) is 5.32 Å². The zero-order valence-corrected chi connectivity index (χ0v) is 8.11. The van der Waals surface area contributed by atoms with Crippen LogP contribution in [0.15, 0.2) is 24.4 Å². The monoisotopic (exact) mass is 192 g/mol. The molecule has 0 atom stereocenters. The molecular weight excluding hydrogens is 180 g/mol. The first-order valence-corrected chi connectivity index (χ1v) is 4.19. The molecule has 0 aliphatic heterocycles. The molecule has 0 saturated heterocycles. The molecule has 0 bridgehead atoms. The third-order valence-corrected chi connectivity index (χ3v) is 1.55. The smallest absolute Gasteiger partial charge is 0.329 e. The van der Waals surface area contributed by atoms with E-state index in [4.69, 9.17) is 5.11 Å². The number of hydrogen-bond acceptors (Lipinski definition) is 3. The summed E-state index contributed by atoms with van der Waals surface area (Å²) in [4.78, 5) is 14.4. The summed E-state index contributed by atoms with van der Waals surface area (Å²) in [5, 5.41) is 11.1. The maximum absolute atomic E-state index is 10.2. The number of carboxylic acids is 1. The number of aromatic nitrogens is 1. The average Bonchev–Trinajstić information content (AvgIpc) is 2.01. The van der Waals surface area contributed by atoms with Crippen LogP contribution in [0.2, 0.25) is 0 Å². The molecular formula is C10H12N2O2. The molecule has 0 spiro atoms. The van der Waals surface area contributed by atoms with E-state index in [0.29, 0.717) is 5.82 Å². The van der Waals surface area contributed by atoms with Gasteiger partial charge in [-0.05, 0) is 31.5 Å². The summed E-state index contributed by atoms with van der Waals surface area (Å²) >= 11 is 0. The highest BCUT2D eigenvalue weighted by atomic mass is 16.4. The molecule has 4 nitrogen and oxygen atoms in total. The van der Waals surface area contributed by atoms with Crippen LogP contribution in [0.5, 0.6) is 0 Å². The van der Waals surface area contributed by atoms with Crippen LogP contribution < -0.4 is 5.32 Å². The van der Waals surface area contributed by atoms with Gasteiger partial charge in [0.2, 0.25) is 0 Å². The molecule has 0 aromatic carbocycles. The Balaban J connectivity index is 2.72. The van der Waals surface area contributed by atoms with Gasteiger partial charge in [-0.25, -0.2) is 9.78 Å². The molecule has 1 heterocycles. The van der Waals surface area contributed by atoms with Crippen LogP contribution in [-0.4, -0.2) is 16.1 Å². The number of nitrogens with one attached hydrogen (secondary N) is 1. The Bertz CT molecular complexity index is 352. The van der Waals surface area contributed by atoms with Crippen molar-refractivity contribution in [3.63, 3.8) is 0 Å². The normalized spacial score (nSPS) is 10.4. The van der Waals surface area contributed by atoms with Crippen molar-refractivity contribution in [3.05, 3.63) is 35.7 Å². The summed E-state index contributed by atoms with van der Waals surface area (Å²) in [6.07, 6.45) is 2.38. The predicted octanol–water partition coefficient (Wildman–Crippen LogP) is 1.71. The van der Waals surface area contributed by atoms with Gasteiger partial charge in [-0.2, -0.15) is 0 Å². The minimum Gasteiger partial charge on any atom is -0.478 e. The van der Waals surface area contributed by atoms with Crippen LogP contribution in [-0.2, 0) is 4.79 Å². The second-order valence-electron chi connectivity index (χ2n) is 2.99. The number of hydrogen-bond donors (Lipinski definition) is 2. The summed E-state index contributed by atoms with van der Waals surface area (Å²) in [6, 6.07) is 3.80. The number of anilines is 1. The largest absolute Gasteiger partial charge is 0.478 e. The van der Waals surface area contributed by atoms with Crippen molar-refractivity contribution in [1.29, 1.82) is 0 Å². The fraction of sp³-hybridized carbons (Fsp3) is 0.200. The van der Waals surface area contributed by atoms with Gasteiger partial charge in [-0.3, -0.25) is 0 Å². The fourth-order valence-corrected chi connectivity index (χ4v) is 1.11. The van der Waals surface area contributed by atoms with Crippen molar-refractivity contribution < 1.29 is 9.90 Å². The standard InChI is InChI=1S/C10H12N2O2/c1-7-5-8(2)12-9(6-7)11-4-3-10(13)14/h3-6H,1-2H3,(H,11,12)(H,13,14)/b4-3+. The lowest BCUT2D eigenvalue weighted by atomic mass is 10.2. The molecule has 0 radical (unpaired) electrons. The lowest BCUT2D eigenvalue weighted by Gasteiger charge is -2.02. The minimum absolute atomic E-state index is 0.653. The van der Waals surface area contributed by atoms with Gasteiger partial charge in [0.25, 0.3) is 0 Å². The molecule has 0 fully saturated rings. The first-order chi connectivity index (χ1) is 6.58. The van der Waals surface area contributed by atoms with Gasteiger partial charge in [0, 0.05) is 18.0 Å². The lowest BCUT2D eigenvalue weighted by molar-refractivity contribution is -0.131. The van der Waals surface area contributed by atoms with Crippen molar-refractivity contribution in [1.82, 2.24) is 4.98 Å². The zero-order valence-electron chi connectivity index (χ0n) is 8.11. The molecule has 0 unspecified atom stereocenters. The van der Waals surface area contributed by atoms with Crippen LogP contribution in [0.1, 0.15) is 11.3 Å². The minimum atomic E-state index is -0.984. The maximum atomic E-state index is 10.2. The van der Waals surface area contributed by atoms with Gasteiger partial charge in [0.1, 0.15) is 5.82 Å². The van der Waals surface area contributed by atoms with Gasteiger partial charge >= 0.3 is 5.97 Å². The highest BCUT2D eigenvalue weighted by molar-refractivity contribution is 5.80. The molecule has 1 aromatic rings. The van der Waals surface area contributed by atoms with E-state index >= 15 is 0 Å². The van der Waals surface area contributed by atoms with E-state index in [1.807, 2.05) is 26.0 Å². The van der Waals surface area contributed by atoms with Crippen molar-refractivity contribution >= 4 is 11.8 Å². The van der Waals surface area contributed by atoms with E-state index < -0.39 is 5.97 Å². The van der Waals surface area contributed by atoms with Crippen LogP contribution in [0.3, 0.4) is 0 Å². The number of aliphatic carboxylic acids is 1. The van der Waals surface area contributed by atoms with E-state index in [0.717, 1.165) is 17.3 Å². The fourth-order valence-electron chi connectivity index (χ4n) is 1.11. The van der Waals surface area contributed by atoms with E-state index in [2.05, 4.69) is 10.3 Å². The van der Waals surface area contributed by atoms with E-state index in [9.17, 15) is 4.79 Å². The number of aryl methyl sites for hydroxylation is 2. The molecule has 2 N–H and O–H groups in total. The summed E-state index contributed by atoms with van der Waals surface area (Å²) in [7, 11) is 0. The molecule has 0 aliphatic rings. The first kappa shape index (κ1) is 10.2. The number of rotatable bonds is 3. The summed E-state index contributed by atoms with van der Waals surface area (Å²) in [6.45, 7) is 3.85. The quantitative estimate of drug-likeness (QED) is 0.715. The first-order valence-electron chi connectivity index (χ1n) is 4.19. The third-order valence-electron chi connectivity index (χ3n) is 1.55. The molecule has 0 saturated carbocycles. The Labute approximate surface area is 82.3 Å². The predicted molar refractivity (Wildman–Crippen MR) is 54.1 cm³/mol. The maximum Gasteiger partial charge on any atom is 0.329 e. The Morgan fingerprint density at radius 1 is 1.50 bits per heavy atom.